The lowest BCUT2D eigenvalue weighted by molar-refractivity contribution is -0.121. The molecule has 0 bridgehead atoms. The number of carbonyl (C=O) groups is 1. The first-order valence-corrected chi connectivity index (χ1v) is 7.32. The minimum absolute atomic E-state index is 0.0957. The van der Waals surface area contributed by atoms with Crippen molar-refractivity contribution in [3.05, 3.63) is 0 Å². The molecule has 2 fully saturated rings. The molecule has 0 aromatic carbocycles. The maximum atomic E-state index is 11.9. The molecule has 1 saturated heterocycles. The zero-order chi connectivity index (χ0) is 13.0. The lowest BCUT2D eigenvalue weighted by Gasteiger charge is -2.28. The van der Waals surface area contributed by atoms with E-state index in [0.29, 0.717) is 12.6 Å². The first-order valence-electron chi connectivity index (χ1n) is 7.32. The molecular formula is C14H27N3O. The van der Waals surface area contributed by atoms with Crippen LogP contribution in [-0.4, -0.2) is 37.1 Å². The molecule has 0 spiro atoms. The summed E-state index contributed by atoms with van der Waals surface area (Å²) in [6.07, 6.45) is 5.89. The molecule has 1 aliphatic heterocycles. The molecule has 1 unspecified atom stereocenters. The summed E-state index contributed by atoms with van der Waals surface area (Å²) < 4.78 is 0. The van der Waals surface area contributed by atoms with E-state index in [9.17, 15) is 4.79 Å². The number of hydrogen-bond donors (Lipinski definition) is 3. The predicted molar refractivity (Wildman–Crippen MR) is 73.5 cm³/mol. The van der Waals surface area contributed by atoms with E-state index in [2.05, 4.69) is 29.8 Å². The van der Waals surface area contributed by atoms with Crippen molar-refractivity contribution in [2.45, 2.75) is 57.5 Å². The molecule has 104 valence electrons. The summed E-state index contributed by atoms with van der Waals surface area (Å²) in [5.41, 5.74) is 0.0957. The van der Waals surface area contributed by atoms with Crippen LogP contribution in [0.3, 0.4) is 0 Å². The zero-order valence-electron chi connectivity index (χ0n) is 11.7. The van der Waals surface area contributed by atoms with Crippen molar-refractivity contribution < 1.29 is 4.79 Å². The zero-order valence-corrected chi connectivity index (χ0v) is 11.7. The highest BCUT2D eigenvalue weighted by atomic mass is 16.2. The molecule has 18 heavy (non-hydrogen) atoms. The molecule has 1 heterocycles. The largest absolute Gasteiger partial charge is 0.352 e. The van der Waals surface area contributed by atoms with Crippen LogP contribution >= 0.6 is 0 Å². The number of nitrogens with one attached hydrogen (secondary N) is 3. The summed E-state index contributed by atoms with van der Waals surface area (Å²) in [4.78, 5) is 11.9. The third kappa shape index (κ3) is 3.95. The van der Waals surface area contributed by atoms with E-state index < -0.39 is 0 Å². The van der Waals surface area contributed by atoms with E-state index in [0.717, 1.165) is 38.3 Å². The Kier molecular flexibility index (Phi) is 4.62. The van der Waals surface area contributed by atoms with Crippen LogP contribution in [0.25, 0.3) is 0 Å². The fourth-order valence-electron chi connectivity index (χ4n) is 2.94. The summed E-state index contributed by atoms with van der Waals surface area (Å²) in [6, 6.07) is 0.407. The van der Waals surface area contributed by atoms with Crippen molar-refractivity contribution in [1.82, 2.24) is 16.0 Å². The number of carbonyl (C=O) groups excluding carboxylic acids is 1. The number of amides is 1. The van der Waals surface area contributed by atoms with E-state index >= 15 is 0 Å². The fourth-order valence-corrected chi connectivity index (χ4v) is 2.94. The molecule has 0 radical (unpaired) electrons. The Labute approximate surface area is 110 Å². The monoisotopic (exact) mass is 253 g/mol. The average molecular weight is 253 g/mol. The van der Waals surface area contributed by atoms with Gasteiger partial charge in [-0.05, 0) is 51.5 Å². The van der Waals surface area contributed by atoms with Gasteiger partial charge < -0.3 is 16.0 Å². The molecule has 0 aromatic heterocycles. The quantitative estimate of drug-likeness (QED) is 0.701. The summed E-state index contributed by atoms with van der Waals surface area (Å²) >= 11 is 0. The second-order valence-electron chi connectivity index (χ2n) is 6.37. The van der Waals surface area contributed by atoms with Crippen LogP contribution in [0.4, 0.5) is 0 Å². The Hall–Kier alpha value is -0.610. The van der Waals surface area contributed by atoms with Gasteiger partial charge in [-0.15, -0.1) is 0 Å². The lowest BCUT2D eigenvalue weighted by Crippen LogP contribution is -2.50. The molecule has 1 amide bonds. The van der Waals surface area contributed by atoms with Gasteiger partial charge in [0, 0.05) is 18.1 Å². The summed E-state index contributed by atoms with van der Waals surface area (Å²) in [6.45, 7) is 6.94. The average Bonchev–Trinajstić information content (AvgIpc) is 2.78. The standard InChI is InChI=1S/C14H27N3O/c1-11-3-5-12(6-4-11)17-13(18)9-16-14(2)7-8-15-10-14/h11-12,15-16H,3-10H2,1-2H3,(H,17,18). The third-order valence-corrected chi connectivity index (χ3v) is 4.43. The smallest absolute Gasteiger partial charge is 0.234 e. The van der Waals surface area contributed by atoms with Gasteiger partial charge in [0.15, 0.2) is 0 Å². The first kappa shape index (κ1) is 13.8. The molecule has 2 rings (SSSR count). The van der Waals surface area contributed by atoms with Gasteiger partial charge in [0.25, 0.3) is 0 Å². The molecule has 0 aromatic rings. The van der Waals surface area contributed by atoms with Gasteiger partial charge in [-0.3, -0.25) is 4.79 Å². The van der Waals surface area contributed by atoms with Crippen molar-refractivity contribution in [2.24, 2.45) is 5.92 Å². The summed E-state index contributed by atoms with van der Waals surface area (Å²) in [5, 5.41) is 9.87. The van der Waals surface area contributed by atoms with Crippen LogP contribution < -0.4 is 16.0 Å². The SMILES string of the molecule is CC1CCC(NC(=O)CNC2(C)CCNC2)CC1. The fraction of sp³-hybridized carbons (Fsp3) is 0.929. The second-order valence-corrected chi connectivity index (χ2v) is 6.37. The van der Waals surface area contributed by atoms with Crippen LogP contribution in [0.1, 0.15) is 46.0 Å². The topological polar surface area (TPSA) is 53.2 Å². The molecule has 4 heteroatoms. The van der Waals surface area contributed by atoms with E-state index in [1.165, 1.54) is 12.8 Å². The molecular weight excluding hydrogens is 226 g/mol. The van der Waals surface area contributed by atoms with Crippen LogP contribution in [0, 0.1) is 5.92 Å². The number of rotatable bonds is 4. The Bertz CT molecular complexity index is 279. The van der Waals surface area contributed by atoms with Crippen molar-refractivity contribution in [1.29, 1.82) is 0 Å². The molecule has 1 atom stereocenters. The number of hydrogen-bond acceptors (Lipinski definition) is 3. The van der Waals surface area contributed by atoms with E-state index in [1.54, 1.807) is 0 Å². The van der Waals surface area contributed by atoms with Crippen LogP contribution in [0.5, 0.6) is 0 Å². The van der Waals surface area contributed by atoms with Gasteiger partial charge in [0.05, 0.1) is 6.54 Å². The van der Waals surface area contributed by atoms with E-state index in [-0.39, 0.29) is 11.4 Å². The Morgan fingerprint density at radius 3 is 2.67 bits per heavy atom. The maximum Gasteiger partial charge on any atom is 0.234 e. The van der Waals surface area contributed by atoms with Crippen molar-refractivity contribution in [3.63, 3.8) is 0 Å². The van der Waals surface area contributed by atoms with Crippen LogP contribution in [-0.2, 0) is 4.79 Å². The van der Waals surface area contributed by atoms with Crippen LogP contribution in [0.2, 0.25) is 0 Å². The highest BCUT2D eigenvalue weighted by molar-refractivity contribution is 5.78. The van der Waals surface area contributed by atoms with Crippen molar-refractivity contribution >= 4 is 5.91 Å². The summed E-state index contributed by atoms with van der Waals surface area (Å²) in [7, 11) is 0. The van der Waals surface area contributed by atoms with Gasteiger partial charge in [-0.25, -0.2) is 0 Å². The van der Waals surface area contributed by atoms with Gasteiger partial charge in [0.2, 0.25) is 5.91 Å². The second kappa shape index (κ2) is 6.02. The van der Waals surface area contributed by atoms with Gasteiger partial charge in [0.1, 0.15) is 0 Å². The summed E-state index contributed by atoms with van der Waals surface area (Å²) in [5.74, 6) is 0.988. The molecule has 3 N–H and O–H groups in total. The highest BCUT2D eigenvalue weighted by Crippen LogP contribution is 2.23. The lowest BCUT2D eigenvalue weighted by atomic mass is 9.87. The Morgan fingerprint density at radius 1 is 1.33 bits per heavy atom. The predicted octanol–water partition coefficient (Wildman–Crippen LogP) is 1.02. The molecule has 1 aliphatic carbocycles. The van der Waals surface area contributed by atoms with Crippen LogP contribution in [0.15, 0.2) is 0 Å². The minimum Gasteiger partial charge on any atom is -0.352 e. The molecule has 4 nitrogen and oxygen atoms in total. The minimum atomic E-state index is 0.0957. The van der Waals surface area contributed by atoms with Gasteiger partial charge in [-0.1, -0.05) is 6.92 Å². The Morgan fingerprint density at radius 2 is 2.06 bits per heavy atom. The van der Waals surface area contributed by atoms with Crippen molar-refractivity contribution in [2.75, 3.05) is 19.6 Å². The maximum absolute atomic E-state index is 11.9. The Balaban J connectivity index is 1.66. The molecule has 1 saturated carbocycles. The molecule has 2 aliphatic rings. The van der Waals surface area contributed by atoms with E-state index in [4.69, 9.17) is 0 Å². The van der Waals surface area contributed by atoms with E-state index in [1.807, 2.05) is 0 Å². The van der Waals surface area contributed by atoms with Crippen molar-refractivity contribution in [3.8, 4) is 0 Å². The first-order chi connectivity index (χ1) is 8.57. The van der Waals surface area contributed by atoms with Gasteiger partial charge in [-0.2, -0.15) is 0 Å². The van der Waals surface area contributed by atoms with Gasteiger partial charge >= 0.3 is 0 Å². The third-order valence-electron chi connectivity index (χ3n) is 4.43. The highest BCUT2D eigenvalue weighted by Gasteiger charge is 2.28. The normalized spacial score (nSPS) is 36.6.